The first kappa shape index (κ1) is 12.1. The van der Waals surface area contributed by atoms with Gasteiger partial charge in [-0.2, -0.15) is 5.26 Å². The Balaban J connectivity index is 2.34. The van der Waals surface area contributed by atoms with Crippen molar-refractivity contribution in [2.24, 2.45) is 0 Å². The molecular formula is C12H14BrNO. The Bertz CT molecular complexity index is 333. The predicted octanol–water partition coefficient (Wildman–Crippen LogP) is 3.50. The van der Waals surface area contributed by atoms with E-state index in [1.54, 1.807) is 6.07 Å². The molecule has 0 aliphatic heterocycles. The molecule has 0 aliphatic carbocycles. The van der Waals surface area contributed by atoms with Crippen LogP contribution in [0.1, 0.15) is 24.8 Å². The maximum absolute atomic E-state index is 8.82. The first-order valence-corrected chi connectivity index (χ1v) is 6.18. The lowest BCUT2D eigenvalue weighted by atomic mass is 10.2. The molecule has 15 heavy (non-hydrogen) atoms. The van der Waals surface area contributed by atoms with E-state index in [1.807, 2.05) is 18.2 Å². The van der Waals surface area contributed by atoms with Crippen LogP contribution in [0.3, 0.4) is 0 Å². The van der Waals surface area contributed by atoms with Crippen molar-refractivity contribution in [2.45, 2.75) is 19.3 Å². The lowest BCUT2D eigenvalue weighted by molar-refractivity contribution is 0.305. The zero-order valence-corrected chi connectivity index (χ0v) is 10.2. The van der Waals surface area contributed by atoms with E-state index in [0.717, 1.165) is 18.2 Å². The van der Waals surface area contributed by atoms with E-state index in [1.165, 1.54) is 6.42 Å². The van der Waals surface area contributed by atoms with Crippen LogP contribution in [0, 0.1) is 11.3 Å². The summed E-state index contributed by atoms with van der Waals surface area (Å²) in [7, 11) is 0. The number of halogens is 1. The molecule has 1 rings (SSSR count). The van der Waals surface area contributed by atoms with Crippen molar-refractivity contribution in [1.82, 2.24) is 0 Å². The Hall–Kier alpha value is -1.01. The molecule has 0 heterocycles. The van der Waals surface area contributed by atoms with Crippen LogP contribution in [-0.2, 0) is 0 Å². The number of nitriles is 1. The average molecular weight is 268 g/mol. The van der Waals surface area contributed by atoms with Crippen LogP contribution in [0.5, 0.6) is 5.75 Å². The minimum atomic E-state index is 0.609. The van der Waals surface area contributed by atoms with E-state index in [4.69, 9.17) is 10.00 Å². The molecule has 0 unspecified atom stereocenters. The third-order valence-corrected chi connectivity index (χ3v) is 2.60. The number of nitrogens with zero attached hydrogens (tertiary/aromatic N) is 1. The van der Waals surface area contributed by atoms with Gasteiger partial charge < -0.3 is 4.74 Å². The van der Waals surface area contributed by atoms with Gasteiger partial charge in [-0.1, -0.05) is 28.1 Å². The monoisotopic (exact) mass is 267 g/mol. The third-order valence-electron chi connectivity index (χ3n) is 2.04. The number of ether oxygens (including phenoxy) is 1. The van der Waals surface area contributed by atoms with Crippen LogP contribution in [0.15, 0.2) is 24.3 Å². The minimum Gasteiger partial charge on any atom is -0.492 e. The second-order valence-corrected chi connectivity index (χ2v) is 4.00. The summed E-state index contributed by atoms with van der Waals surface area (Å²) < 4.78 is 5.54. The summed E-state index contributed by atoms with van der Waals surface area (Å²) in [6.45, 7) is 0.686. The molecule has 0 bridgehead atoms. The average Bonchev–Trinajstić information content (AvgIpc) is 2.29. The van der Waals surface area contributed by atoms with Crippen LogP contribution >= 0.6 is 15.9 Å². The molecule has 1 aromatic carbocycles. The Kier molecular flexibility index (Phi) is 5.87. The van der Waals surface area contributed by atoms with E-state index in [2.05, 4.69) is 22.0 Å². The van der Waals surface area contributed by atoms with Crippen molar-refractivity contribution in [3.05, 3.63) is 29.8 Å². The fraction of sp³-hybridized carbons (Fsp3) is 0.417. The minimum absolute atomic E-state index is 0.609. The van der Waals surface area contributed by atoms with Gasteiger partial charge in [-0.15, -0.1) is 0 Å². The number of rotatable bonds is 6. The zero-order chi connectivity index (χ0) is 10.9. The van der Waals surface area contributed by atoms with Crippen molar-refractivity contribution in [1.29, 1.82) is 5.26 Å². The van der Waals surface area contributed by atoms with Gasteiger partial charge in [0.25, 0.3) is 0 Å². The van der Waals surface area contributed by atoms with E-state index in [-0.39, 0.29) is 0 Å². The second-order valence-electron chi connectivity index (χ2n) is 3.21. The smallest absolute Gasteiger partial charge is 0.137 e. The standard InChI is InChI=1S/C12H14BrNO/c13-8-4-1-5-9-15-12-7-3-2-6-11(12)10-14/h2-3,6-7H,1,4-5,8-9H2. The highest BCUT2D eigenvalue weighted by Crippen LogP contribution is 2.16. The third kappa shape index (κ3) is 4.35. The maximum Gasteiger partial charge on any atom is 0.137 e. The summed E-state index contributed by atoms with van der Waals surface area (Å²) in [4.78, 5) is 0. The van der Waals surface area contributed by atoms with Crippen molar-refractivity contribution < 1.29 is 4.74 Å². The molecule has 0 saturated heterocycles. The lowest BCUT2D eigenvalue weighted by Crippen LogP contribution is -1.98. The largest absolute Gasteiger partial charge is 0.492 e. The summed E-state index contributed by atoms with van der Waals surface area (Å²) in [5, 5.41) is 9.87. The molecule has 3 heteroatoms. The van der Waals surface area contributed by atoms with Crippen LogP contribution in [0.4, 0.5) is 0 Å². The van der Waals surface area contributed by atoms with E-state index >= 15 is 0 Å². The van der Waals surface area contributed by atoms with Crippen molar-refractivity contribution in [2.75, 3.05) is 11.9 Å². The summed E-state index contributed by atoms with van der Waals surface area (Å²) in [5.41, 5.74) is 0.609. The van der Waals surface area contributed by atoms with Gasteiger partial charge in [-0.3, -0.25) is 0 Å². The number of alkyl halides is 1. The Morgan fingerprint density at radius 2 is 2.00 bits per heavy atom. The molecule has 0 saturated carbocycles. The summed E-state index contributed by atoms with van der Waals surface area (Å²) in [6.07, 6.45) is 3.36. The second kappa shape index (κ2) is 7.30. The van der Waals surface area contributed by atoms with Crippen LogP contribution in [-0.4, -0.2) is 11.9 Å². The SMILES string of the molecule is N#Cc1ccccc1OCCCCCBr. The van der Waals surface area contributed by atoms with Gasteiger partial charge >= 0.3 is 0 Å². The molecule has 0 atom stereocenters. The molecule has 0 radical (unpaired) electrons. The molecule has 2 nitrogen and oxygen atoms in total. The Morgan fingerprint density at radius 3 is 2.73 bits per heavy atom. The van der Waals surface area contributed by atoms with Crippen LogP contribution < -0.4 is 4.74 Å². The normalized spacial score (nSPS) is 9.60. The molecule has 1 aromatic rings. The van der Waals surface area contributed by atoms with Crippen LogP contribution in [0.25, 0.3) is 0 Å². The van der Waals surface area contributed by atoms with E-state index in [0.29, 0.717) is 17.9 Å². The highest BCUT2D eigenvalue weighted by atomic mass is 79.9. The Labute approximate surface area is 99.0 Å². The van der Waals surface area contributed by atoms with Gasteiger partial charge in [0, 0.05) is 5.33 Å². The predicted molar refractivity (Wildman–Crippen MR) is 64.3 cm³/mol. The number of para-hydroxylation sites is 1. The highest BCUT2D eigenvalue weighted by molar-refractivity contribution is 9.09. The molecule has 0 spiro atoms. The van der Waals surface area contributed by atoms with Gasteiger partial charge in [-0.05, 0) is 31.4 Å². The van der Waals surface area contributed by atoms with Gasteiger partial charge in [-0.25, -0.2) is 0 Å². The summed E-state index contributed by atoms with van der Waals surface area (Å²) in [6, 6.07) is 9.45. The number of hydrogen-bond donors (Lipinski definition) is 0. The fourth-order valence-electron chi connectivity index (χ4n) is 1.24. The first-order valence-electron chi connectivity index (χ1n) is 5.06. The topological polar surface area (TPSA) is 33.0 Å². The first-order chi connectivity index (χ1) is 7.38. The fourth-order valence-corrected chi connectivity index (χ4v) is 1.64. The molecule has 0 aromatic heterocycles. The maximum atomic E-state index is 8.82. The molecule has 80 valence electrons. The Morgan fingerprint density at radius 1 is 1.20 bits per heavy atom. The van der Waals surface area contributed by atoms with Crippen molar-refractivity contribution in [3.8, 4) is 11.8 Å². The molecule has 0 fully saturated rings. The molecule has 0 N–H and O–H groups in total. The van der Waals surface area contributed by atoms with Gasteiger partial charge in [0.2, 0.25) is 0 Å². The quantitative estimate of drug-likeness (QED) is 0.584. The summed E-state index contributed by atoms with van der Waals surface area (Å²) >= 11 is 3.39. The van der Waals surface area contributed by atoms with Gasteiger partial charge in [0.15, 0.2) is 0 Å². The van der Waals surface area contributed by atoms with E-state index < -0.39 is 0 Å². The number of unbranched alkanes of at least 4 members (excludes halogenated alkanes) is 2. The van der Waals surface area contributed by atoms with Crippen molar-refractivity contribution >= 4 is 15.9 Å². The molecule has 0 amide bonds. The summed E-state index contributed by atoms with van der Waals surface area (Å²) in [5.74, 6) is 0.693. The molecular weight excluding hydrogens is 254 g/mol. The van der Waals surface area contributed by atoms with Crippen molar-refractivity contribution in [3.63, 3.8) is 0 Å². The molecule has 0 aliphatic rings. The van der Waals surface area contributed by atoms with Gasteiger partial charge in [0.05, 0.1) is 12.2 Å². The van der Waals surface area contributed by atoms with E-state index in [9.17, 15) is 0 Å². The highest BCUT2D eigenvalue weighted by Gasteiger charge is 2.00. The lowest BCUT2D eigenvalue weighted by Gasteiger charge is -2.06. The van der Waals surface area contributed by atoms with Crippen LogP contribution in [0.2, 0.25) is 0 Å². The zero-order valence-electron chi connectivity index (χ0n) is 8.58. The number of hydrogen-bond acceptors (Lipinski definition) is 2. The van der Waals surface area contributed by atoms with Gasteiger partial charge in [0.1, 0.15) is 11.8 Å². The number of benzene rings is 1.